The van der Waals surface area contributed by atoms with Crippen LogP contribution in [0.5, 0.6) is 5.75 Å². The van der Waals surface area contributed by atoms with E-state index in [-0.39, 0.29) is 18.1 Å². The molecule has 0 aliphatic rings. The highest BCUT2D eigenvalue weighted by atomic mass is 16.5. The minimum Gasteiger partial charge on any atom is -0.497 e. The summed E-state index contributed by atoms with van der Waals surface area (Å²) in [5.74, 6) is 1.10. The summed E-state index contributed by atoms with van der Waals surface area (Å²) in [5.41, 5.74) is 2.48. The molecule has 1 heterocycles. The number of fused-ring (bicyclic) bond motifs is 1. The van der Waals surface area contributed by atoms with Gasteiger partial charge in [0.1, 0.15) is 11.3 Å². The highest BCUT2D eigenvalue weighted by Gasteiger charge is 2.12. The molecule has 0 atom stereocenters. The number of benzene rings is 2. The number of carbonyl (C=O) groups is 2. The third-order valence-corrected chi connectivity index (χ3v) is 4.02. The average molecular weight is 352 g/mol. The van der Waals surface area contributed by atoms with Crippen LogP contribution in [0, 0.1) is 6.92 Å². The van der Waals surface area contributed by atoms with Gasteiger partial charge >= 0.3 is 0 Å². The summed E-state index contributed by atoms with van der Waals surface area (Å²) in [5, 5.41) is 2.83. The number of Topliss-reactive ketones (excluding diaryl/α,β-unsaturated/α-hetero) is 1. The van der Waals surface area contributed by atoms with E-state index >= 15 is 0 Å². The number of rotatable bonds is 7. The van der Waals surface area contributed by atoms with Gasteiger partial charge in [-0.05, 0) is 42.8 Å². The molecular weight excluding hydrogens is 332 g/mol. The van der Waals surface area contributed by atoms with Crippen LogP contribution >= 0.6 is 0 Å². The first kappa shape index (κ1) is 17.7. The van der Waals surface area contributed by atoms with E-state index in [2.05, 4.69) is 10.3 Å². The van der Waals surface area contributed by atoms with Gasteiger partial charge in [-0.3, -0.25) is 9.59 Å². The summed E-state index contributed by atoms with van der Waals surface area (Å²) < 4.78 is 10.6. The molecule has 0 aliphatic heterocycles. The number of methoxy groups -OCH3 is 1. The summed E-state index contributed by atoms with van der Waals surface area (Å²) in [4.78, 5) is 28.6. The van der Waals surface area contributed by atoms with E-state index in [4.69, 9.17) is 9.15 Å². The van der Waals surface area contributed by atoms with Crippen LogP contribution in [0.1, 0.15) is 35.5 Å². The minimum absolute atomic E-state index is 0.00779. The molecule has 6 nitrogen and oxygen atoms in total. The van der Waals surface area contributed by atoms with Crippen LogP contribution in [-0.4, -0.2) is 23.8 Å². The first-order valence-corrected chi connectivity index (χ1v) is 8.40. The second-order valence-corrected chi connectivity index (χ2v) is 5.94. The molecule has 1 amide bonds. The van der Waals surface area contributed by atoms with Crippen molar-refractivity contribution in [1.82, 2.24) is 4.98 Å². The molecule has 0 spiro atoms. The van der Waals surface area contributed by atoms with Gasteiger partial charge in [0, 0.05) is 25.3 Å². The highest BCUT2D eigenvalue weighted by molar-refractivity contribution is 5.99. The predicted octanol–water partition coefficient (Wildman–Crippen LogP) is 4.14. The summed E-state index contributed by atoms with van der Waals surface area (Å²) in [6.45, 7) is 1.76. The quantitative estimate of drug-likeness (QED) is 0.646. The zero-order chi connectivity index (χ0) is 18.5. The number of aromatic nitrogens is 1. The maximum absolute atomic E-state index is 12.2. The fourth-order valence-corrected chi connectivity index (χ4v) is 2.70. The molecule has 0 unspecified atom stereocenters. The molecule has 26 heavy (non-hydrogen) atoms. The van der Waals surface area contributed by atoms with Crippen molar-refractivity contribution in [3.8, 4) is 5.75 Å². The first-order chi connectivity index (χ1) is 12.6. The molecule has 3 aromatic rings. The summed E-state index contributed by atoms with van der Waals surface area (Å²) in [6.07, 6.45) is 1.04. The standard InChI is InChI=1S/C20H20N2O4/c1-13-21-16-5-3-6-17(20(16)26-13)22-19(24)8-4-7-18(23)14-9-11-15(25-2)12-10-14/h3,5-6,9-12H,4,7-8H2,1-2H3,(H,22,24). The van der Waals surface area contributed by atoms with Crippen molar-refractivity contribution in [3.63, 3.8) is 0 Å². The minimum atomic E-state index is -0.158. The first-order valence-electron chi connectivity index (χ1n) is 8.40. The number of nitrogens with one attached hydrogen (secondary N) is 1. The van der Waals surface area contributed by atoms with Gasteiger partial charge in [0.2, 0.25) is 5.91 Å². The van der Waals surface area contributed by atoms with Crippen molar-refractivity contribution in [3.05, 3.63) is 53.9 Å². The molecule has 0 bridgehead atoms. The normalized spacial score (nSPS) is 10.7. The number of para-hydroxylation sites is 1. The Kier molecular flexibility index (Phi) is 5.31. The summed E-state index contributed by atoms with van der Waals surface area (Å²) >= 11 is 0. The molecule has 134 valence electrons. The lowest BCUT2D eigenvalue weighted by Crippen LogP contribution is -2.12. The van der Waals surface area contributed by atoms with Gasteiger partial charge in [-0.25, -0.2) is 4.98 Å². The Morgan fingerprint density at radius 1 is 1.12 bits per heavy atom. The van der Waals surface area contributed by atoms with E-state index in [1.165, 1.54) is 0 Å². The van der Waals surface area contributed by atoms with E-state index in [1.807, 2.05) is 12.1 Å². The number of aryl methyl sites for hydroxylation is 1. The smallest absolute Gasteiger partial charge is 0.224 e. The Bertz CT molecular complexity index is 929. The second kappa shape index (κ2) is 7.82. The Morgan fingerprint density at radius 3 is 2.62 bits per heavy atom. The van der Waals surface area contributed by atoms with Crippen molar-refractivity contribution >= 4 is 28.5 Å². The fraction of sp³-hybridized carbons (Fsp3) is 0.250. The van der Waals surface area contributed by atoms with Crippen LogP contribution in [0.2, 0.25) is 0 Å². The number of ether oxygens (including phenoxy) is 1. The summed E-state index contributed by atoms with van der Waals surface area (Å²) in [7, 11) is 1.58. The van der Waals surface area contributed by atoms with E-state index in [9.17, 15) is 9.59 Å². The Hall–Kier alpha value is -3.15. The van der Waals surface area contributed by atoms with E-state index in [0.717, 1.165) is 0 Å². The van der Waals surface area contributed by atoms with E-state index in [1.54, 1.807) is 44.4 Å². The molecule has 2 aromatic carbocycles. The number of anilines is 1. The molecule has 6 heteroatoms. The third-order valence-electron chi connectivity index (χ3n) is 4.02. The molecular formula is C20H20N2O4. The molecule has 3 rings (SSSR count). The maximum Gasteiger partial charge on any atom is 0.224 e. The van der Waals surface area contributed by atoms with Crippen molar-refractivity contribution in [2.75, 3.05) is 12.4 Å². The topological polar surface area (TPSA) is 81.4 Å². The van der Waals surface area contributed by atoms with Crippen molar-refractivity contribution < 1.29 is 18.7 Å². The lowest BCUT2D eigenvalue weighted by molar-refractivity contribution is -0.116. The number of amides is 1. The molecule has 1 aromatic heterocycles. The van der Waals surface area contributed by atoms with E-state index in [0.29, 0.717) is 46.8 Å². The molecule has 0 radical (unpaired) electrons. The number of ketones is 1. The Labute approximate surface area is 151 Å². The van der Waals surface area contributed by atoms with Gasteiger partial charge in [-0.2, -0.15) is 0 Å². The van der Waals surface area contributed by atoms with Crippen LogP contribution in [0.15, 0.2) is 46.9 Å². The van der Waals surface area contributed by atoms with Gasteiger partial charge in [0.05, 0.1) is 12.8 Å². The van der Waals surface area contributed by atoms with Crippen LogP contribution in [0.4, 0.5) is 5.69 Å². The van der Waals surface area contributed by atoms with Crippen LogP contribution in [-0.2, 0) is 4.79 Å². The SMILES string of the molecule is COc1ccc(C(=O)CCCC(=O)Nc2cccc3nc(C)oc23)cc1. The predicted molar refractivity (Wildman–Crippen MR) is 98.6 cm³/mol. The monoisotopic (exact) mass is 352 g/mol. The van der Waals surface area contributed by atoms with Gasteiger partial charge in [0.25, 0.3) is 0 Å². The number of nitrogens with zero attached hydrogens (tertiary/aromatic N) is 1. The Balaban J connectivity index is 1.52. The third kappa shape index (κ3) is 4.08. The lowest BCUT2D eigenvalue weighted by Gasteiger charge is -2.06. The molecule has 0 saturated carbocycles. The van der Waals surface area contributed by atoms with Crippen LogP contribution in [0.25, 0.3) is 11.1 Å². The van der Waals surface area contributed by atoms with Gasteiger partial charge < -0.3 is 14.5 Å². The van der Waals surface area contributed by atoms with Gasteiger partial charge in [0.15, 0.2) is 17.3 Å². The number of carbonyl (C=O) groups excluding carboxylic acids is 2. The van der Waals surface area contributed by atoms with Gasteiger partial charge in [-0.1, -0.05) is 6.07 Å². The van der Waals surface area contributed by atoms with E-state index < -0.39 is 0 Å². The number of hydrogen-bond acceptors (Lipinski definition) is 5. The summed E-state index contributed by atoms with van der Waals surface area (Å²) in [6, 6.07) is 12.4. The fourth-order valence-electron chi connectivity index (χ4n) is 2.70. The van der Waals surface area contributed by atoms with Crippen molar-refractivity contribution in [2.24, 2.45) is 0 Å². The number of oxazole rings is 1. The van der Waals surface area contributed by atoms with Crippen LogP contribution < -0.4 is 10.1 Å². The largest absolute Gasteiger partial charge is 0.497 e. The molecule has 1 N–H and O–H groups in total. The van der Waals surface area contributed by atoms with Crippen molar-refractivity contribution in [2.45, 2.75) is 26.2 Å². The zero-order valence-corrected chi connectivity index (χ0v) is 14.7. The highest BCUT2D eigenvalue weighted by Crippen LogP contribution is 2.24. The van der Waals surface area contributed by atoms with Crippen molar-refractivity contribution in [1.29, 1.82) is 0 Å². The molecule has 0 saturated heterocycles. The average Bonchev–Trinajstić information content (AvgIpc) is 3.03. The van der Waals surface area contributed by atoms with Crippen LogP contribution in [0.3, 0.4) is 0 Å². The lowest BCUT2D eigenvalue weighted by atomic mass is 10.1. The number of hydrogen-bond donors (Lipinski definition) is 1. The Morgan fingerprint density at radius 2 is 1.88 bits per heavy atom. The van der Waals surface area contributed by atoms with Gasteiger partial charge in [-0.15, -0.1) is 0 Å². The maximum atomic E-state index is 12.2. The zero-order valence-electron chi connectivity index (χ0n) is 14.7. The molecule has 0 aliphatic carbocycles. The second-order valence-electron chi connectivity index (χ2n) is 5.94. The molecule has 0 fully saturated rings.